The summed E-state index contributed by atoms with van der Waals surface area (Å²) in [6, 6.07) is 15.8. The van der Waals surface area contributed by atoms with Crippen molar-refractivity contribution >= 4 is 16.7 Å². The number of fused-ring (bicyclic) bond motifs is 1. The highest BCUT2D eigenvalue weighted by Crippen LogP contribution is 2.28. The number of Topliss-reactive ketones (excluding diaryl/α,β-unsaturated/α-hetero) is 1. The SMILES string of the molecule is CN1CC(c2ccc3c(C(=O)Cc4cnn(Cc5cccc(C#N)c5)c4)n[nH]c3c2)C1. The molecule has 0 saturated carbocycles. The summed E-state index contributed by atoms with van der Waals surface area (Å²) in [5.74, 6) is 0.518. The fourth-order valence-electron chi connectivity index (χ4n) is 4.19. The third kappa shape index (κ3) is 3.86. The van der Waals surface area contributed by atoms with Crippen LogP contribution in [0.5, 0.6) is 0 Å². The monoisotopic (exact) mass is 410 g/mol. The minimum absolute atomic E-state index is 0.0339. The molecule has 31 heavy (non-hydrogen) atoms. The van der Waals surface area contributed by atoms with Gasteiger partial charge in [0.05, 0.1) is 29.9 Å². The number of H-pyrrole nitrogens is 1. The highest BCUT2D eigenvalue weighted by Gasteiger charge is 2.25. The van der Waals surface area contributed by atoms with Crippen LogP contribution < -0.4 is 0 Å². The molecule has 0 radical (unpaired) electrons. The summed E-state index contributed by atoms with van der Waals surface area (Å²) < 4.78 is 1.78. The molecule has 1 saturated heterocycles. The number of hydrogen-bond donors (Lipinski definition) is 1. The number of nitrogens with one attached hydrogen (secondary N) is 1. The van der Waals surface area contributed by atoms with Crippen LogP contribution in [-0.2, 0) is 13.0 Å². The average molecular weight is 410 g/mol. The number of likely N-dealkylation sites (tertiary alicyclic amines) is 1. The molecular formula is C24H22N6O. The number of rotatable bonds is 6. The number of carbonyl (C=O) groups is 1. The number of nitrogens with zero attached hydrogens (tertiary/aromatic N) is 5. The molecule has 0 aliphatic carbocycles. The summed E-state index contributed by atoms with van der Waals surface area (Å²) >= 11 is 0. The van der Waals surface area contributed by atoms with E-state index in [1.54, 1.807) is 16.9 Å². The second-order valence-corrected chi connectivity index (χ2v) is 8.25. The fraction of sp³-hybridized carbons (Fsp3) is 0.250. The molecule has 0 atom stereocenters. The Bertz CT molecular complexity index is 1310. The molecule has 2 aromatic carbocycles. The first-order valence-electron chi connectivity index (χ1n) is 10.3. The molecule has 1 aliphatic heterocycles. The minimum atomic E-state index is -0.0339. The van der Waals surface area contributed by atoms with Gasteiger partial charge in [-0.2, -0.15) is 15.5 Å². The quantitative estimate of drug-likeness (QED) is 0.493. The summed E-state index contributed by atoms with van der Waals surface area (Å²) in [6.07, 6.45) is 3.83. The van der Waals surface area contributed by atoms with E-state index in [9.17, 15) is 4.79 Å². The molecule has 7 nitrogen and oxygen atoms in total. The molecule has 154 valence electrons. The zero-order valence-corrected chi connectivity index (χ0v) is 17.2. The van der Waals surface area contributed by atoms with Crippen molar-refractivity contribution in [2.75, 3.05) is 20.1 Å². The molecule has 0 unspecified atom stereocenters. The van der Waals surface area contributed by atoms with Crippen molar-refractivity contribution in [1.29, 1.82) is 5.26 Å². The number of likely N-dealkylation sites (N-methyl/N-ethyl adjacent to an activating group) is 1. The largest absolute Gasteiger partial charge is 0.305 e. The molecule has 0 amide bonds. The van der Waals surface area contributed by atoms with Crippen LogP contribution in [0.4, 0.5) is 0 Å². The number of ketones is 1. The number of carbonyl (C=O) groups excluding carboxylic acids is 1. The smallest absolute Gasteiger partial charge is 0.188 e. The Labute approximate surface area is 179 Å². The van der Waals surface area contributed by atoms with Crippen LogP contribution in [0.2, 0.25) is 0 Å². The van der Waals surface area contributed by atoms with Gasteiger partial charge in [0.2, 0.25) is 0 Å². The van der Waals surface area contributed by atoms with Crippen molar-refractivity contribution < 1.29 is 4.79 Å². The van der Waals surface area contributed by atoms with Crippen LogP contribution in [0, 0.1) is 11.3 Å². The Morgan fingerprint density at radius 1 is 1.23 bits per heavy atom. The first-order valence-corrected chi connectivity index (χ1v) is 10.3. The number of aromatic amines is 1. The van der Waals surface area contributed by atoms with E-state index in [1.165, 1.54) is 5.56 Å². The first-order chi connectivity index (χ1) is 15.1. The molecule has 4 aromatic rings. The van der Waals surface area contributed by atoms with Crippen molar-refractivity contribution in [2.24, 2.45) is 0 Å². The maximum atomic E-state index is 12.9. The standard InChI is InChI=1S/C24H22N6O/c1-29-14-20(15-29)19-5-6-21-22(9-19)27-28-24(21)23(31)8-18-11-26-30(13-18)12-17-4-2-3-16(7-17)10-25/h2-7,9,11,13,20H,8,12,14-15H2,1H3,(H,27,28). The molecule has 1 aliphatic rings. The molecule has 0 bridgehead atoms. The summed E-state index contributed by atoms with van der Waals surface area (Å²) in [6.45, 7) is 2.68. The topological polar surface area (TPSA) is 90.6 Å². The van der Waals surface area contributed by atoms with Crippen LogP contribution in [0.15, 0.2) is 54.9 Å². The Kier molecular flexibility index (Phi) is 4.85. The Hall–Kier alpha value is -3.76. The van der Waals surface area contributed by atoms with Gasteiger partial charge in [-0.05, 0) is 41.9 Å². The van der Waals surface area contributed by atoms with Gasteiger partial charge in [-0.1, -0.05) is 24.3 Å². The average Bonchev–Trinajstić information content (AvgIpc) is 3.37. The van der Waals surface area contributed by atoms with E-state index >= 15 is 0 Å². The fourth-order valence-corrected chi connectivity index (χ4v) is 4.19. The van der Waals surface area contributed by atoms with Crippen LogP contribution in [0.25, 0.3) is 10.9 Å². The van der Waals surface area contributed by atoms with Gasteiger partial charge in [0.25, 0.3) is 0 Å². The summed E-state index contributed by atoms with van der Waals surface area (Å²) in [4.78, 5) is 15.2. The second-order valence-electron chi connectivity index (χ2n) is 8.25. The van der Waals surface area contributed by atoms with E-state index in [4.69, 9.17) is 5.26 Å². The summed E-state index contributed by atoms with van der Waals surface area (Å²) in [5, 5.41) is 21.6. The zero-order valence-electron chi connectivity index (χ0n) is 17.2. The van der Waals surface area contributed by atoms with Crippen LogP contribution in [-0.4, -0.2) is 50.8 Å². The van der Waals surface area contributed by atoms with Gasteiger partial charge in [-0.15, -0.1) is 0 Å². The normalized spacial score (nSPS) is 14.5. The number of hydrogen-bond acceptors (Lipinski definition) is 5. The third-order valence-electron chi connectivity index (χ3n) is 5.84. The Morgan fingerprint density at radius 2 is 2.10 bits per heavy atom. The summed E-state index contributed by atoms with van der Waals surface area (Å²) in [7, 11) is 2.12. The predicted molar refractivity (Wildman–Crippen MR) is 117 cm³/mol. The van der Waals surface area contributed by atoms with Gasteiger partial charge in [0.1, 0.15) is 5.69 Å². The van der Waals surface area contributed by atoms with E-state index in [2.05, 4.69) is 45.4 Å². The molecule has 1 fully saturated rings. The zero-order chi connectivity index (χ0) is 21.4. The Balaban J connectivity index is 1.29. The summed E-state index contributed by atoms with van der Waals surface area (Å²) in [5.41, 5.74) is 5.12. The molecule has 3 heterocycles. The van der Waals surface area contributed by atoms with Crippen LogP contribution in [0.1, 0.15) is 38.7 Å². The van der Waals surface area contributed by atoms with Crippen LogP contribution >= 0.6 is 0 Å². The lowest BCUT2D eigenvalue weighted by atomic mass is 9.91. The molecule has 1 N–H and O–H groups in total. The maximum absolute atomic E-state index is 12.9. The van der Waals surface area contributed by atoms with Gasteiger partial charge >= 0.3 is 0 Å². The van der Waals surface area contributed by atoms with Crippen LogP contribution in [0.3, 0.4) is 0 Å². The Morgan fingerprint density at radius 3 is 2.90 bits per heavy atom. The predicted octanol–water partition coefficient (Wildman–Crippen LogP) is 3.13. The van der Waals surface area contributed by atoms with E-state index in [-0.39, 0.29) is 12.2 Å². The number of aromatic nitrogens is 4. The van der Waals surface area contributed by atoms with Gasteiger partial charge in [0, 0.05) is 37.0 Å². The molecule has 5 rings (SSSR count). The van der Waals surface area contributed by atoms with E-state index in [0.29, 0.717) is 23.7 Å². The lowest BCUT2D eigenvalue weighted by Crippen LogP contribution is -2.41. The van der Waals surface area contributed by atoms with Gasteiger partial charge in [-0.3, -0.25) is 14.6 Å². The molecular weight excluding hydrogens is 388 g/mol. The lowest BCUT2D eigenvalue weighted by molar-refractivity contribution is 0.0989. The highest BCUT2D eigenvalue weighted by atomic mass is 16.1. The number of benzene rings is 2. The molecule has 7 heteroatoms. The first kappa shape index (κ1) is 19.2. The molecule has 2 aromatic heterocycles. The molecule has 0 spiro atoms. The van der Waals surface area contributed by atoms with Crippen molar-refractivity contribution in [3.63, 3.8) is 0 Å². The van der Waals surface area contributed by atoms with Gasteiger partial charge in [0.15, 0.2) is 5.78 Å². The second kappa shape index (κ2) is 7.82. The van der Waals surface area contributed by atoms with Crippen molar-refractivity contribution in [2.45, 2.75) is 18.9 Å². The van der Waals surface area contributed by atoms with Gasteiger partial charge < -0.3 is 4.90 Å². The third-order valence-corrected chi connectivity index (χ3v) is 5.84. The van der Waals surface area contributed by atoms with E-state index in [1.807, 2.05) is 30.5 Å². The van der Waals surface area contributed by atoms with Gasteiger partial charge in [-0.25, -0.2) is 0 Å². The van der Waals surface area contributed by atoms with Crippen molar-refractivity contribution in [3.8, 4) is 6.07 Å². The minimum Gasteiger partial charge on any atom is -0.305 e. The highest BCUT2D eigenvalue weighted by molar-refractivity contribution is 6.06. The van der Waals surface area contributed by atoms with Crippen molar-refractivity contribution in [1.82, 2.24) is 24.9 Å². The van der Waals surface area contributed by atoms with E-state index < -0.39 is 0 Å². The van der Waals surface area contributed by atoms with E-state index in [0.717, 1.165) is 35.1 Å². The maximum Gasteiger partial charge on any atom is 0.188 e. The number of nitriles is 1. The van der Waals surface area contributed by atoms with Crippen molar-refractivity contribution in [3.05, 3.63) is 82.8 Å². The lowest BCUT2D eigenvalue weighted by Gasteiger charge is -2.36.